The largest absolute Gasteiger partial charge is 0.193 e. The fourth-order valence-corrected chi connectivity index (χ4v) is 4.58. The lowest BCUT2D eigenvalue weighted by Crippen LogP contribution is -2.24. The van der Waals surface area contributed by atoms with E-state index < -0.39 is 0 Å². The van der Waals surface area contributed by atoms with E-state index in [0.717, 1.165) is 29.7 Å². The van der Waals surface area contributed by atoms with Crippen molar-refractivity contribution in [2.24, 2.45) is 17.8 Å². The molecule has 108 valence electrons. The fraction of sp³-hybridized carbons (Fsp3) is 0.737. The maximum Gasteiger partial charge on any atom is 0.0943 e. The van der Waals surface area contributed by atoms with Crippen LogP contribution in [-0.4, -0.2) is 0 Å². The Morgan fingerprint density at radius 3 is 2.35 bits per heavy atom. The molecule has 3 aliphatic rings. The van der Waals surface area contributed by atoms with Crippen molar-refractivity contribution in [3.05, 3.63) is 23.3 Å². The van der Waals surface area contributed by atoms with Crippen molar-refractivity contribution < 1.29 is 0 Å². The summed E-state index contributed by atoms with van der Waals surface area (Å²) in [7, 11) is 0. The van der Waals surface area contributed by atoms with Crippen LogP contribution in [0.2, 0.25) is 0 Å². The Hall–Kier alpha value is -1.03. The molecule has 0 heterocycles. The predicted molar refractivity (Wildman–Crippen MR) is 83.0 cm³/mol. The van der Waals surface area contributed by atoms with Crippen molar-refractivity contribution in [3.8, 4) is 6.07 Å². The van der Waals surface area contributed by atoms with Crippen molar-refractivity contribution in [2.75, 3.05) is 0 Å². The zero-order valence-electron chi connectivity index (χ0n) is 12.6. The molecule has 0 saturated heterocycles. The number of hydrogen-bond donors (Lipinski definition) is 0. The smallest absolute Gasteiger partial charge is 0.0943 e. The minimum absolute atomic E-state index is 0.869. The van der Waals surface area contributed by atoms with Crippen LogP contribution in [0.3, 0.4) is 0 Å². The molecular weight excluding hydrogens is 242 g/mol. The van der Waals surface area contributed by atoms with Crippen molar-refractivity contribution in [3.63, 3.8) is 0 Å². The summed E-state index contributed by atoms with van der Waals surface area (Å²) in [4.78, 5) is 0. The highest BCUT2D eigenvalue weighted by molar-refractivity contribution is 5.22. The first kappa shape index (κ1) is 13.9. The highest BCUT2D eigenvalue weighted by Crippen LogP contribution is 2.42. The van der Waals surface area contributed by atoms with Gasteiger partial charge in [0.05, 0.1) is 6.07 Å². The van der Waals surface area contributed by atoms with Gasteiger partial charge in [-0.2, -0.15) is 5.26 Å². The summed E-state index contributed by atoms with van der Waals surface area (Å²) in [5.74, 6) is 2.72. The second kappa shape index (κ2) is 6.61. The number of allylic oxidation sites excluding steroid dienone is 4. The summed E-state index contributed by atoms with van der Waals surface area (Å²) in [6.45, 7) is 0. The first-order valence-electron chi connectivity index (χ1n) is 8.65. The topological polar surface area (TPSA) is 23.8 Å². The standard InChI is InChI=1S/C19H27N/c20-14-15-6-8-17(9-7-15)19-12-10-18(11-13-19)16-4-2-1-3-5-16/h4,6,17-19H,1-3,5,7-13H2. The molecule has 0 aromatic rings. The molecule has 0 N–H and O–H groups in total. The van der Waals surface area contributed by atoms with Crippen LogP contribution in [-0.2, 0) is 0 Å². The number of nitrogens with zero attached hydrogens (tertiary/aromatic N) is 1. The number of hydrogen-bond acceptors (Lipinski definition) is 1. The Morgan fingerprint density at radius 1 is 0.900 bits per heavy atom. The van der Waals surface area contributed by atoms with Gasteiger partial charge < -0.3 is 0 Å². The summed E-state index contributed by atoms with van der Waals surface area (Å²) < 4.78 is 0. The molecule has 0 aliphatic heterocycles. The van der Waals surface area contributed by atoms with Crippen LogP contribution in [0.4, 0.5) is 0 Å². The minimum Gasteiger partial charge on any atom is -0.193 e. The summed E-state index contributed by atoms with van der Waals surface area (Å²) in [6, 6.07) is 2.33. The lowest BCUT2D eigenvalue weighted by molar-refractivity contribution is 0.204. The Balaban J connectivity index is 1.50. The van der Waals surface area contributed by atoms with Crippen LogP contribution >= 0.6 is 0 Å². The highest BCUT2D eigenvalue weighted by Gasteiger charge is 2.29. The van der Waals surface area contributed by atoms with E-state index in [1.807, 2.05) is 0 Å². The van der Waals surface area contributed by atoms with E-state index in [0.29, 0.717) is 0 Å². The minimum atomic E-state index is 0.869. The van der Waals surface area contributed by atoms with E-state index in [9.17, 15) is 0 Å². The Bertz CT molecular complexity index is 429. The molecule has 0 aromatic heterocycles. The third kappa shape index (κ3) is 3.17. The van der Waals surface area contributed by atoms with Gasteiger partial charge in [0.2, 0.25) is 0 Å². The summed E-state index contributed by atoms with van der Waals surface area (Å²) in [5.41, 5.74) is 2.83. The Labute approximate surface area is 123 Å². The molecule has 1 saturated carbocycles. The quantitative estimate of drug-likeness (QED) is 0.603. The predicted octanol–water partition coefficient (Wildman–Crippen LogP) is 5.54. The fourth-order valence-electron chi connectivity index (χ4n) is 4.58. The van der Waals surface area contributed by atoms with E-state index in [1.54, 1.807) is 5.57 Å². The van der Waals surface area contributed by atoms with Crippen molar-refractivity contribution in [1.82, 2.24) is 0 Å². The molecule has 0 bridgehead atoms. The first-order valence-corrected chi connectivity index (χ1v) is 8.65. The normalized spacial score (nSPS) is 34.9. The van der Waals surface area contributed by atoms with E-state index in [1.165, 1.54) is 64.2 Å². The van der Waals surface area contributed by atoms with Crippen molar-refractivity contribution in [2.45, 2.75) is 70.6 Å². The van der Waals surface area contributed by atoms with Gasteiger partial charge in [0.15, 0.2) is 0 Å². The van der Waals surface area contributed by atoms with Crippen LogP contribution in [0.25, 0.3) is 0 Å². The monoisotopic (exact) mass is 269 g/mol. The number of rotatable bonds is 2. The molecule has 20 heavy (non-hydrogen) atoms. The van der Waals surface area contributed by atoms with E-state index in [4.69, 9.17) is 5.26 Å². The zero-order chi connectivity index (χ0) is 13.8. The molecule has 0 aromatic carbocycles. The van der Waals surface area contributed by atoms with Gasteiger partial charge in [0.1, 0.15) is 0 Å². The second-order valence-corrected chi connectivity index (χ2v) is 7.01. The van der Waals surface area contributed by atoms with Crippen LogP contribution in [0.15, 0.2) is 23.3 Å². The molecule has 0 amide bonds. The third-order valence-electron chi connectivity index (χ3n) is 5.88. The van der Waals surface area contributed by atoms with Crippen LogP contribution < -0.4 is 0 Å². The maximum atomic E-state index is 8.94. The Morgan fingerprint density at radius 2 is 1.75 bits per heavy atom. The van der Waals surface area contributed by atoms with Crippen LogP contribution in [0.5, 0.6) is 0 Å². The number of nitriles is 1. The molecule has 1 nitrogen and oxygen atoms in total. The van der Waals surface area contributed by atoms with E-state index in [2.05, 4.69) is 18.2 Å². The van der Waals surface area contributed by atoms with Gasteiger partial charge in [0, 0.05) is 5.57 Å². The Kier molecular flexibility index (Phi) is 4.61. The van der Waals surface area contributed by atoms with Gasteiger partial charge >= 0.3 is 0 Å². The molecule has 0 spiro atoms. The van der Waals surface area contributed by atoms with Gasteiger partial charge in [-0.05, 0) is 88.4 Å². The van der Waals surface area contributed by atoms with E-state index >= 15 is 0 Å². The van der Waals surface area contributed by atoms with Crippen LogP contribution in [0.1, 0.15) is 70.6 Å². The highest BCUT2D eigenvalue weighted by atomic mass is 14.4. The van der Waals surface area contributed by atoms with Gasteiger partial charge in [-0.3, -0.25) is 0 Å². The average Bonchev–Trinajstić information content (AvgIpc) is 2.56. The first-order chi connectivity index (χ1) is 9.86. The molecule has 3 rings (SSSR count). The average molecular weight is 269 g/mol. The molecule has 0 radical (unpaired) electrons. The van der Waals surface area contributed by atoms with Gasteiger partial charge in [-0.15, -0.1) is 0 Å². The molecule has 1 fully saturated rings. The van der Waals surface area contributed by atoms with Gasteiger partial charge in [-0.25, -0.2) is 0 Å². The third-order valence-corrected chi connectivity index (χ3v) is 5.88. The molecule has 1 unspecified atom stereocenters. The second-order valence-electron chi connectivity index (χ2n) is 7.01. The molecular formula is C19H27N. The zero-order valence-corrected chi connectivity index (χ0v) is 12.6. The molecule has 1 heteroatoms. The molecule has 3 aliphatic carbocycles. The van der Waals surface area contributed by atoms with Gasteiger partial charge in [-0.1, -0.05) is 17.7 Å². The van der Waals surface area contributed by atoms with E-state index in [-0.39, 0.29) is 0 Å². The summed E-state index contributed by atoms with van der Waals surface area (Å²) in [6.07, 6.45) is 19.5. The lowest BCUT2D eigenvalue weighted by Gasteiger charge is -2.36. The summed E-state index contributed by atoms with van der Waals surface area (Å²) in [5, 5.41) is 8.94. The van der Waals surface area contributed by atoms with Crippen molar-refractivity contribution in [1.29, 1.82) is 5.26 Å². The maximum absolute atomic E-state index is 8.94. The molecule has 1 atom stereocenters. The lowest BCUT2D eigenvalue weighted by atomic mass is 9.69. The van der Waals surface area contributed by atoms with Crippen molar-refractivity contribution >= 4 is 0 Å². The SMILES string of the molecule is N#CC1=CCC(C2CCC(C3=CCCCC3)CC2)CC1. The summed E-state index contributed by atoms with van der Waals surface area (Å²) >= 11 is 0. The van der Waals surface area contributed by atoms with Crippen LogP contribution in [0, 0.1) is 29.1 Å². The van der Waals surface area contributed by atoms with Gasteiger partial charge in [0.25, 0.3) is 0 Å².